The molecule has 0 saturated heterocycles. The molecule has 132 valence electrons. The summed E-state index contributed by atoms with van der Waals surface area (Å²) in [6, 6.07) is 12.0. The van der Waals surface area contributed by atoms with Crippen LogP contribution in [0.15, 0.2) is 47.3 Å². The monoisotopic (exact) mass is 351 g/mol. The van der Waals surface area contributed by atoms with Gasteiger partial charge in [0.05, 0.1) is 5.39 Å². The maximum absolute atomic E-state index is 12.4. The van der Waals surface area contributed by atoms with Crippen LogP contribution in [0.2, 0.25) is 0 Å². The number of benzene rings is 2. The van der Waals surface area contributed by atoms with Gasteiger partial charge in [-0.1, -0.05) is 23.4 Å². The highest BCUT2D eigenvalue weighted by Gasteiger charge is 2.11. The third-order valence-corrected chi connectivity index (χ3v) is 3.75. The Morgan fingerprint density at radius 2 is 1.88 bits per heavy atom. The number of anilines is 2. The molecule has 2 aromatic carbocycles. The van der Waals surface area contributed by atoms with Crippen molar-refractivity contribution < 1.29 is 9.59 Å². The third-order valence-electron chi connectivity index (χ3n) is 3.75. The van der Waals surface area contributed by atoms with Gasteiger partial charge in [-0.2, -0.15) is 0 Å². The van der Waals surface area contributed by atoms with Crippen molar-refractivity contribution in [2.24, 2.45) is 0 Å². The van der Waals surface area contributed by atoms with Crippen LogP contribution < -0.4 is 16.2 Å². The average molecular weight is 351 g/mol. The van der Waals surface area contributed by atoms with Crippen molar-refractivity contribution in [1.29, 1.82) is 0 Å². The summed E-state index contributed by atoms with van der Waals surface area (Å²) in [7, 11) is 0. The Hall–Kier alpha value is -3.55. The minimum absolute atomic E-state index is 0.205. The highest BCUT2D eigenvalue weighted by atomic mass is 16.2. The molecule has 0 aliphatic carbocycles. The number of carbonyl (C=O) groups is 2. The Labute approximate surface area is 148 Å². The molecule has 0 aliphatic rings. The Kier molecular flexibility index (Phi) is 4.74. The van der Waals surface area contributed by atoms with Crippen LogP contribution in [0.1, 0.15) is 12.5 Å². The Bertz CT molecular complexity index is 1060. The summed E-state index contributed by atoms with van der Waals surface area (Å²) >= 11 is 0. The summed E-state index contributed by atoms with van der Waals surface area (Å²) < 4.78 is 1.02. The maximum atomic E-state index is 12.4. The van der Waals surface area contributed by atoms with Gasteiger partial charge >= 0.3 is 0 Å². The van der Waals surface area contributed by atoms with Crippen molar-refractivity contribution in [1.82, 2.24) is 15.0 Å². The van der Waals surface area contributed by atoms with Gasteiger partial charge in [-0.3, -0.25) is 14.4 Å². The molecule has 0 radical (unpaired) electrons. The summed E-state index contributed by atoms with van der Waals surface area (Å²) in [6.07, 6.45) is 0. The highest BCUT2D eigenvalue weighted by Crippen LogP contribution is 2.20. The van der Waals surface area contributed by atoms with Crippen LogP contribution in [-0.4, -0.2) is 26.8 Å². The van der Waals surface area contributed by atoms with Crippen LogP contribution >= 0.6 is 0 Å². The van der Waals surface area contributed by atoms with Crippen LogP contribution in [-0.2, 0) is 16.1 Å². The Morgan fingerprint density at radius 3 is 2.65 bits per heavy atom. The highest BCUT2D eigenvalue weighted by molar-refractivity contribution is 5.94. The first-order valence-electron chi connectivity index (χ1n) is 7.94. The van der Waals surface area contributed by atoms with Gasteiger partial charge in [-0.15, -0.1) is 5.10 Å². The molecule has 0 spiro atoms. The van der Waals surface area contributed by atoms with E-state index in [4.69, 9.17) is 0 Å². The van der Waals surface area contributed by atoms with Crippen molar-refractivity contribution in [3.63, 3.8) is 0 Å². The van der Waals surface area contributed by atoms with Gasteiger partial charge in [0.1, 0.15) is 12.1 Å². The fraction of sp³-hybridized carbons (Fsp3) is 0.167. The molecule has 0 bridgehead atoms. The van der Waals surface area contributed by atoms with Gasteiger partial charge in [0, 0.05) is 18.3 Å². The lowest BCUT2D eigenvalue weighted by atomic mass is 10.1. The standard InChI is InChI=1S/C18H17N5O3/c1-11-7-8-13(19-12(2)24)9-16(11)20-17(25)10-23-18(26)14-5-3-4-6-15(14)21-22-23/h3-9H,10H2,1-2H3,(H,19,24)(H,20,25). The first kappa shape index (κ1) is 17.3. The smallest absolute Gasteiger partial charge is 0.278 e. The van der Waals surface area contributed by atoms with E-state index in [9.17, 15) is 14.4 Å². The van der Waals surface area contributed by atoms with Crippen molar-refractivity contribution in [2.75, 3.05) is 10.6 Å². The zero-order chi connectivity index (χ0) is 18.7. The SMILES string of the molecule is CC(=O)Nc1ccc(C)c(NC(=O)Cn2nnc3ccccc3c2=O)c1. The molecule has 3 aromatic rings. The molecule has 0 aliphatic heterocycles. The summed E-state index contributed by atoms with van der Waals surface area (Å²) in [6.45, 7) is 2.97. The van der Waals surface area contributed by atoms with Crippen LogP contribution in [0.5, 0.6) is 0 Å². The van der Waals surface area contributed by atoms with Gasteiger partial charge in [-0.05, 0) is 36.8 Å². The molecule has 26 heavy (non-hydrogen) atoms. The molecule has 0 unspecified atom stereocenters. The van der Waals surface area contributed by atoms with E-state index >= 15 is 0 Å². The molecule has 3 rings (SSSR count). The fourth-order valence-electron chi connectivity index (χ4n) is 2.49. The minimum atomic E-state index is -0.417. The summed E-state index contributed by atoms with van der Waals surface area (Å²) in [5.74, 6) is -0.621. The normalized spacial score (nSPS) is 10.5. The second kappa shape index (κ2) is 7.14. The van der Waals surface area contributed by atoms with E-state index in [1.807, 2.05) is 6.92 Å². The van der Waals surface area contributed by atoms with Gasteiger partial charge < -0.3 is 10.6 Å². The van der Waals surface area contributed by atoms with E-state index < -0.39 is 5.91 Å². The van der Waals surface area contributed by atoms with Crippen LogP contribution in [0.3, 0.4) is 0 Å². The number of hydrogen-bond acceptors (Lipinski definition) is 5. The predicted octanol–water partition coefficient (Wildman–Crippen LogP) is 1.70. The number of carbonyl (C=O) groups excluding carboxylic acids is 2. The number of rotatable bonds is 4. The Balaban J connectivity index is 1.80. The average Bonchev–Trinajstić information content (AvgIpc) is 2.60. The molecule has 0 fully saturated rings. The van der Waals surface area contributed by atoms with E-state index in [0.29, 0.717) is 22.3 Å². The van der Waals surface area contributed by atoms with Gasteiger partial charge in [0.2, 0.25) is 11.8 Å². The lowest BCUT2D eigenvalue weighted by molar-refractivity contribution is -0.117. The fourth-order valence-corrected chi connectivity index (χ4v) is 2.49. The summed E-state index contributed by atoms with van der Waals surface area (Å²) in [5.41, 5.74) is 2.04. The number of amides is 2. The molecule has 2 amide bonds. The molecule has 1 heterocycles. The number of aromatic nitrogens is 3. The van der Waals surface area contributed by atoms with Crippen molar-refractivity contribution in [3.8, 4) is 0 Å². The van der Waals surface area contributed by atoms with E-state index in [1.165, 1.54) is 6.92 Å². The van der Waals surface area contributed by atoms with Crippen molar-refractivity contribution >= 4 is 34.1 Å². The summed E-state index contributed by atoms with van der Waals surface area (Å²) in [4.78, 5) is 35.9. The van der Waals surface area contributed by atoms with Gasteiger partial charge in [0.25, 0.3) is 5.56 Å². The summed E-state index contributed by atoms with van der Waals surface area (Å²) in [5, 5.41) is 13.5. The maximum Gasteiger partial charge on any atom is 0.278 e. The molecular formula is C18H17N5O3. The lowest BCUT2D eigenvalue weighted by Crippen LogP contribution is -2.30. The number of aryl methyl sites for hydroxylation is 1. The number of nitrogens with one attached hydrogen (secondary N) is 2. The quantitative estimate of drug-likeness (QED) is 0.744. The molecule has 0 saturated carbocycles. The molecular weight excluding hydrogens is 334 g/mol. The van der Waals surface area contributed by atoms with Gasteiger partial charge in [0.15, 0.2) is 0 Å². The van der Waals surface area contributed by atoms with E-state index in [-0.39, 0.29) is 18.0 Å². The first-order valence-corrected chi connectivity index (χ1v) is 7.94. The van der Waals surface area contributed by atoms with Gasteiger partial charge in [-0.25, -0.2) is 4.68 Å². The first-order chi connectivity index (χ1) is 12.4. The molecule has 8 nitrogen and oxygen atoms in total. The minimum Gasteiger partial charge on any atom is -0.326 e. The molecule has 1 aromatic heterocycles. The zero-order valence-corrected chi connectivity index (χ0v) is 14.3. The number of hydrogen-bond donors (Lipinski definition) is 2. The predicted molar refractivity (Wildman–Crippen MR) is 97.9 cm³/mol. The number of fused-ring (bicyclic) bond motifs is 1. The lowest BCUT2D eigenvalue weighted by Gasteiger charge is -2.11. The topological polar surface area (TPSA) is 106 Å². The second-order valence-electron chi connectivity index (χ2n) is 5.83. The number of nitrogens with zero attached hydrogens (tertiary/aromatic N) is 3. The second-order valence-corrected chi connectivity index (χ2v) is 5.83. The molecule has 8 heteroatoms. The third kappa shape index (κ3) is 3.75. The van der Waals surface area contributed by atoms with Crippen molar-refractivity contribution in [2.45, 2.75) is 20.4 Å². The van der Waals surface area contributed by atoms with Crippen LogP contribution in [0.4, 0.5) is 11.4 Å². The van der Waals surface area contributed by atoms with E-state index in [2.05, 4.69) is 20.9 Å². The van der Waals surface area contributed by atoms with E-state index in [0.717, 1.165) is 10.2 Å². The molecule has 2 N–H and O–H groups in total. The largest absolute Gasteiger partial charge is 0.326 e. The van der Waals surface area contributed by atoms with Crippen LogP contribution in [0, 0.1) is 6.92 Å². The zero-order valence-electron chi connectivity index (χ0n) is 14.3. The van der Waals surface area contributed by atoms with Crippen molar-refractivity contribution in [3.05, 3.63) is 58.4 Å². The van der Waals surface area contributed by atoms with Crippen LogP contribution in [0.25, 0.3) is 10.9 Å². The molecule has 0 atom stereocenters. The Morgan fingerprint density at radius 1 is 1.12 bits per heavy atom. The van der Waals surface area contributed by atoms with E-state index in [1.54, 1.807) is 42.5 Å².